The van der Waals surface area contributed by atoms with Crippen LogP contribution in [-0.4, -0.2) is 43.0 Å². The van der Waals surface area contributed by atoms with Gasteiger partial charge < -0.3 is 24.5 Å². The summed E-state index contributed by atoms with van der Waals surface area (Å²) in [6.45, 7) is 2.27. The van der Waals surface area contributed by atoms with Crippen molar-refractivity contribution in [2.75, 3.05) is 13.7 Å². The molecule has 9 nitrogen and oxygen atoms in total. The molecule has 0 aliphatic heterocycles. The molecule has 0 spiro atoms. The number of carbonyl (C=O) groups is 2. The van der Waals surface area contributed by atoms with E-state index >= 15 is 0 Å². The van der Waals surface area contributed by atoms with Crippen LogP contribution in [-0.2, 0) is 22.6 Å². The average molecular weight is 719 g/mol. The molecule has 0 saturated carbocycles. The molecule has 4 aromatic rings. The number of rotatable bonds is 11. The Bertz CT molecular complexity index is 1510. The van der Waals surface area contributed by atoms with Gasteiger partial charge >= 0.3 is 6.09 Å². The van der Waals surface area contributed by atoms with Crippen LogP contribution in [0.15, 0.2) is 76.4 Å². The van der Waals surface area contributed by atoms with Gasteiger partial charge in [0, 0.05) is 28.0 Å². The molecule has 40 heavy (non-hydrogen) atoms. The van der Waals surface area contributed by atoms with Gasteiger partial charge in [-0.15, -0.1) is 0 Å². The van der Waals surface area contributed by atoms with E-state index < -0.39 is 18.0 Å². The van der Waals surface area contributed by atoms with Crippen LogP contribution in [0, 0.1) is 3.57 Å². The zero-order chi connectivity index (χ0) is 28.5. The maximum atomic E-state index is 13.1. The number of carbonyl (C=O) groups excluding carboxylic acids is 2. The topological polar surface area (TPSA) is 114 Å². The van der Waals surface area contributed by atoms with Crippen LogP contribution in [0.3, 0.4) is 0 Å². The largest absolute Gasteiger partial charge is 0.493 e. The average Bonchev–Trinajstić information content (AvgIpc) is 3.35. The van der Waals surface area contributed by atoms with E-state index in [1.807, 2.05) is 60.8 Å². The number of hydrogen-bond acceptors (Lipinski definition) is 6. The summed E-state index contributed by atoms with van der Waals surface area (Å²) in [5.74, 6) is 0.674. The summed E-state index contributed by atoms with van der Waals surface area (Å²) in [5.41, 5.74) is 6.08. The highest BCUT2D eigenvalue weighted by Gasteiger charge is 2.23. The van der Waals surface area contributed by atoms with Crippen molar-refractivity contribution in [2.24, 2.45) is 5.10 Å². The lowest BCUT2D eigenvalue weighted by Crippen LogP contribution is -2.47. The number of fused-ring (bicyclic) bond motifs is 1. The van der Waals surface area contributed by atoms with Crippen molar-refractivity contribution in [1.29, 1.82) is 0 Å². The van der Waals surface area contributed by atoms with Gasteiger partial charge in [-0.25, -0.2) is 10.2 Å². The highest BCUT2D eigenvalue weighted by atomic mass is 127. The van der Waals surface area contributed by atoms with Gasteiger partial charge in [0.2, 0.25) is 0 Å². The number of nitrogens with zero attached hydrogens (tertiary/aromatic N) is 1. The molecule has 3 aromatic carbocycles. The van der Waals surface area contributed by atoms with Crippen molar-refractivity contribution in [3.8, 4) is 11.5 Å². The molecule has 0 bridgehead atoms. The van der Waals surface area contributed by atoms with Gasteiger partial charge in [0.25, 0.3) is 5.91 Å². The maximum Gasteiger partial charge on any atom is 0.407 e. The van der Waals surface area contributed by atoms with Crippen LogP contribution in [0.5, 0.6) is 11.5 Å². The Labute approximate surface area is 253 Å². The molecule has 0 saturated heterocycles. The molecule has 1 atom stereocenters. The summed E-state index contributed by atoms with van der Waals surface area (Å²) in [4.78, 5) is 28.4. The van der Waals surface area contributed by atoms with Gasteiger partial charge in [0.1, 0.15) is 12.6 Å². The van der Waals surface area contributed by atoms with Gasteiger partial charge in [-0.1, -0.05) is 46.3 Å². The molecular weight excluding hydrogens is 691 g/mol. The van der Waals surface area contributed by atoms with Gasteiger partial charge in [0.15, 0.2) is 11.5 Å². The predicted octanol–water partition coefficient (Wildman–Crippen LogP) is 5.93. The molecule has 0 unspecified atom stereocenters. The van der Waals surface area contributed by atoms with Gasteiger partial charge in [-0.3, -0.25) is 4.79 Å². The highest BCUT2D eigenvalue weighted by molar-refractivity contribution is 14.1. The van der Waals surface area contributed by atoms with Crippen LogP contribution in [0.25, 0.3) is 10.9 Å². The van der Waals surface area contributed by atoms with E-state index in [-0.39, 0.29) is 13.0 Å². The molecule has 0 aliphatic rings. The number of nitrogens with one attached hydrogen (secondary N) is 3. The van der Waals surface area contributed by atoms with E-state index in [4.69, 9.17) is 14.2 Å². The third-order valence-electron chi connectivity index (χ3n) is 5.92. The summed E-state index contributed by atoms with van der Waals surface area (Å²) in [5, 5.41) is 7.73. The zero-order valence-corrected chi connectivity index (χ0v) is 25.6. The summed E-state index contributed by atoms with van der Waals surface area (Å²) >= 11 is 5.61. The molecule has 3 N–H and O–H groups in total. The lowest BCUT2D eigenvalue weighted by Gasteiger charge is -2.16. The third kappa shape index (κ3) is 7.75. The fourth-order valence-electron chi connectivity index (χ4n) is 3.98. The SMILES string of the molecule is CCOC(=O)N[C@H](Cc1c[nH]c2ccccc12)C(=O)N/N=C\c1cc(I)c(OCc2ccc(Br)cc2)c(OC)c1. The standard InChI is InChI=1S/C29H28BrIN4O5/c1-3-39-29(37)34-25(14-20-16-32-24-7-5-4-6-22(20)24)28(36)35-33-15-19-12-23(31)27(26(13-19)38-2)40-17-18-8-10-21(30)11-9-18/h4-13,15-16,25,32H,3,14,17H2,1-2H3,(H,34,37)(H,35,36)/b33-15-/t25-/m1/s1. The number of alkyl carbamates (subject to hydrolysis) is 1. The van der Waals surface area contributed by atoms with Crippen molar-refractivity contribution in [2.45, 2.75) is 26.0 Å². The molecular formula is C29H28BrIN4O5. The Morgan fingerprint density at radius 2 is 1.93 bits per heavy atom. The molecule has 208 valence electrons. The van der Waals surface area contributed by atoms with Crippen molar-refractivity contribution in [3.63, 3.8) is 0 Å². The van der Waals surface area contributed by atoms with Crippen LogP contribution >= 0.6 is 38.5 Å². The number of hydrogen-bond donors (Lipinski definition) is 3. The first-order chi connectivity index (χ1) is 19.4. The number of aromatic nitrogens is 1. The smallest absolute Gasteiger partial charge is 0.407 e. The van der Waals surface area contributed by atoms with Crippen LogP contribution in [0.4, 0.5) is 4.79 Å². The molecule has 0 radical (unpaired) electrons. The summed E-state index contributed by atoms with van der Waals surface area (Å²) in [7, 11) is 1.57. The van der Waals surface area contributed by atoms with Crippen molar-refractivity contribution >= 4 is 67.6 Å². The number of hydrazone groups is 1. The van der Waals surface area contributed by atoms with E-state index in [0.29, 0.717) is 23.7 Å². The van der Waals surface area contributed by atoms with Gasteiger partial charge in [-0.05, 0) is 76.5 Å². The summed E-state index contributed by atoms with van der Waals surface area (Å²) in [6.07, 6.45) is 2.91. The van der Waals surface area contributed by atoms with E-state index in [1.165, 1.54) is 6.21 Å². The number of H-pyrrole nitrogens is 1. The number of halogens is 2. The van der Waals surface area contributed by atoms with Crippen LogP contribution in [0.2, 0.25) is 0 Å². The Morgan fingerprint density at radius 3 is 2.67 bits per heavy atom. The monoisotopic (exact) mass is 718 g/mol. The second kappa shape index (κ2) is 14.2. The first-order valence-electron chi connectivity index (χ1n) is 12.4. The predicted molar refractivity (Wildman–Crippen MR) is 166 cm³/mol. The zero-order valence-electron chi connectivity index (χ0n) is 21.9. The van der Waals surface area contributed by atoms with E-state index in [9.17, 15) is 9.59 Å². The third-order valence-corrected chi connectivity index (χ3v) is 7.25. The molecule has 2 amide bonds. The lowest BCUT2D eigenvalue weighted by molar-refractivity contribution is -0.123. The number of aromatic amines is 1. The Hall–Kier alpha value is -3.58. The minimum absolute atomic E-state index is 0.189. The molecule has 0 aliphatic carbocycles. The number of methoxy groups -OCH3 is 1. The molecule has 0 fully saturated rings. The summed E-state index contributed by atoms with van der Waals surface area (Å²) in [6, 6.07) is 18.4. The Kier molecular flexibility index (Phi) is 10.4. The fourth-order valence-corrected chi connectivity index (χ4v) is 5.03. The highest BCUT2D eigenvalue weighted by Crippen LogP contribution is 2.34. The Morgan fingerprint density at radius 1 is 1.15 bits per heavy atom. The minimum Gasteiger partial charge on any atom is -0.493 e. The fraction of sp³-hybridized carbons (Fsp3) is 0.207. The first kappa shape index (κ1) is 29.4. The van der Waals surface area contributed by atoms with Crippen LogP contribution in [0.1, 0.15) is 23.6 Å². The molecule has 4 rings (SSSR count). The van der Waals surface area contributed by atoms with E-state index in [1.54, 1.807) is 20.1 Å². The first-order valence-corrected chi connectivity index (χ1v) is 14.3. The van der Waals surface area contributed by atoms with Crippen molar-refractivity contribution in [1.82, 2.24) is 15.7 Å². The number of benzene rings is 3. The maximum absolute atomic E-state index is 13.1. The summed E-state index contributed by atoms with van der Waals surface area (Å²) < 4.78 is 18.4. The van der Waals surface area contributed by atoms with Gasteiger partial charge in [0.05, 0.1) is 23.5 Å². The molecule has 1 aromatic heterocycles. The van der Waals surface area contributed by atoms with E-state index in [2.05, 4.69) is 59.3 Å². The molecule has 1 heterocycles. The second-order valence-corrected chi connectivity index (χ2v) is 10.7. The number of amides is 2. The minimum atomic E-state index is -0.903. The van der Waals surface area contributed by atoms with E-state index in [0.717, 1.165) is 30.1 Å². The Balaban J connectivity index is 1.45. The van der Waals surface area contributed by atoms with Crippen molar-refractivity contribution < 1.29 is 23.8 Å². The number of para-hydroxylation sites is 1. The normalized spacial score (nSPS) is 11.8. The van der Waals surface area contributed by atoms with Crippen LogP contribution < -0.4 is 20.2 Å². The lowest BCUT2D eigenvalue weighted by atomic mass is 10.0. The number of ether oxygens (including phenoxy) is 3. The van der Waals surface area contributed by atoms with Gasteiger partial charge in [-0.2, -0.15) is 5.10 Å². The quantitative estimate of drug-likeness (QED) is 0.101. The second-order valence-electron chi connectivity index (χ2n) is 8.66. The van der Waals surface area contributed by atoms with Crippen molar-refractivity contribution in [3.05, 3.63) is 91.6 Å². The molecule has 11 heteroatoms.